The highest BCUT2D eigenvalue weighted by Gasteiger charge is 2.54. The van der Waals surface area contributed by atoms with Crippen molar-refractivity contribution in [1.29, 1.82) is 0 Å². The molecule has 2 N–H and O–H groups in total. The Balaban J connectivity index is 2.47. The molecule has 2 aliphatic carbocycles. The van der Waals surface area contributed by atoms with Crippen LogP contribution in [-0.2, 0) is 4.79 Å². The van der Waals surface area contributed by atoms with Crippen molar-refractivity contribution < 1.29 is 15.0 Å². The molecule has 130 valence electrons. The van der Waals surface area contributed by atoms with Gasteiger partial charge in [0.05, 0.1) is 11.2 Å². The van der Waals surface area contributed by atoms with Crippen molar-refractivity contribution in [2.75, 3.05) is 0 Å². The van der Waals surface area contributed by atoms with Crippen LogP contribution in [0.4, 0.5) is 0 Å². The van der Waals surface area contributed by atoms with Gasteiger partial charge in [0, 0.05) is 18.3 Å². The van der Waals surface area contributed by atoms with E-state index in [4.69, 9.17) is 0 Å². The first-order chi connectivity index (χ1) is 10.5. The minimum Gasteiger partial charge on any atom is -0.389 e. The number of ketones is 1. The van der Waals surface area contributed by atoms with Gasteiger partial charge < -0.3 is 10.2 Å². The van der Waals surface area contributed by atoms with Gasteiger partial charge in [-0.3, -0.25) is 4.79 Å². The predicted octanol–water partition coefficient (Wildman–Crippen LogP) is 3.65. The average molecular weight is 320 g/mol. The summed E-state index contributed by atoms with van der Waals surface area (Å²) in [6.45, 7) is 9.88. The predicted molar refractivity (Wildman–Crippen MR) is 92.9 cm³/mol. The number of aliphatic hydroxyl groups is 2. The SMILES string of the molecule is CC(C)[C@@]1(O)CC[C@@]2(C)/C=C/[C@](C)(O)C/C=C\[C@@H](C)C(=O)C[C@@H]21. The second-order valence-electron chi connectivity index (χ2n) is 8.49. The molecule has 1 fully saturated rings. The summed E-state index contributed by atoms with van der Waals surface area (Å²) in [5, 5.41) is 21.8. The number of allylic oxidation sites excluding steroid dienone is 2. The molecule has 0 heterocycles. The Morgan fingerprint density at radius 1 is 1.17 bits per heavy atom. The molecule has 0 radical (unpaired) electrons. The molecular weight excluding hydrogens is 288 g/mol. The third-order valence-electron chi connectivity index (χ3n) is 6.16. The molecule has 23 heavy (non-hydrogen) atoms. The van der Waals surface area contributed by atoms with Crippen LogP contribution >= 0.6 is 0 Å². The van der Waals surface area contributed by atoms with E-state index in [9.17, 15) is 15.0 Å². The number of carbonyl (C=O) groups excluding carboxylic acids is 1. The summed E-state index contributed by atoms with van der Waals surface area (Å²) in [7, 11) is 0. The van der Waals surface area contributed by atoms with Crippen molar-refractivity contribution in [3.8, 4) is 0 Å². The Kier molecular flexibility index (Phi) is 4.94. The second kappa shape index (κ2) is 6.18. The third-order valence-corrected chi connectivity index (χ3v) is 6.16. The lowest BCUT2D eigenvalue weighted by atomic mass is 9.68. The number of carbonyl (C=O) groups is 1. The fourth-order valence-electron chi connectivity index (χ4n) is 4.13. The molecule has 0 bridgehead atoms. The van der Waals surface area contributed by atoms with E-state index in [-0.39, 0.29) is 29.0 Å². The maximum Gasteiger partial charge on any atom is 0.139 e. The standard InChI is InChI=1S/C20H32O3/c1-14(2)20(23)12-10-18(4)9-11-19(5,22)8-6-7-15(3)16(21)13-17(18)20/h6-7,9,11,14-15,17,22-23H,8,10,12-13H2,1-5H3/b7-6-,11-9+/t15-,17+,18-,19-,20+/m1/s1. The van der Waals surface area contributed by atoms with Crippen molar-refractivity contribution in [2.24, 2.45) is 23.2 Å². The highest BCUT2D eigenvalue weighted by Crippen LogP contribution is 2.55. The summed E-state index contributed by atoms with van der Waals surface area (Å²) in [6, 6.07) is 0. The topological polar surface area (TPSA) is 57.5 Å². The molecule has 5 atom stereocenters. The van der Waals surface area contributed by atoms with E-state index >= 15 is 0 Å². The van der Waals surface area contributed by atoms with Crippen LogP contribution in [0, 0.1) is 23.2 Å². The smallest absolute Gasteiger partial charge is 0.139 e. The molecule has 0 aromatic rings. The number of Topliss-reactive ketones (excluding diaryl/α,β-unsaturated/α-hetero) is 1. The molecule has 3 heteroatoms. The van der Waals surface area contributed by atoms with E-state index in [0.717, 1.165) is 6.42 Å². The number of hydrogen-bond donors (Lipinski definition) is 2. The Hall–Kier alpha value is -0.930. The van der Waals surface area contributed by atoms with Crippen molar-refractivity contribution >= 4 is 5.78 Å². The Bertz CT molecular complexity index is 517. The van der Waals surface area contributed by atoms with Crippen LogP contribution in [0.5, 0.6) is 0 Å². The molecule has 0 spiro atoms. The first kappa shape index (κ1) is 18.4. The molecular formula is C20H32O3. The third kappa shape index (κ3) is 3.61. The molecule has 0 amide bonds. The highest BCUT2D eigenvalue weighted by molar-refractivity contribution is 5.82. The zero-order chi connectivity index (χ0) is 17.5. The van der Waals surface area contributed by atoms with Crippen molar-refractivity contribution in [1.82, 2.24) is 0 Å². The van der Waals surface area contributed by atoms with Crippen LogP contribution in [0.15, 0.2) is 24.3 Å². The van der Waals surface area contributed by atoms with Gasteiger partial charge in [-0.1, -0.05) is 52.0 Å². The van der Waals surface area contributed by atoms with E-state index in [1.54, 1.807) is 6.92 Å². The Morgan fingerprint density at radius 3 is 2.43 bits per heavy atom. The largest absolute Gasteiger partial charge is 0.389 e. The summed E-state index contributed by atoms with van der Waals surface area (Å²) in [5.74, 6) is -0.00549. The lowest BCUT2D eigenvalue weighted by Gasteiger charge is -2.40. The summed E-state index contributed by atoms with van der Waals surface area (Å²) >= 11 is 0. The molecule has 2 rings (SSSR count). The summed E-state index contributed by atoms with van der Waals surface area (Å²) in [6.07, 6.45) is 10.1. The summed E-state index contributed by atoms with van der Waals surface area (Å²) in [5.41, 5.74) is -2.00. The molecule has 0 saturated heterocycles. The maximum atomic E-state index is 12.7. The molecule has 0 unspecified atom stereocenters. The zero-order valence-corrected chi connectivity index (χ0v) is 15.2. The van der Waals surface area contributed by atoms with Gasteiger partial charge in [-0.15, -0.1) is 0 Å². The molecule has 3 nitrogen and oxygen atoms in total. The van der Waals surface area contributed by atoms with Crippen molar-refractivity contribution in [3.05, 3.63) is 24.3 Å². The number of hydrogen-bond acceptors (Lipinski definition) is 3. The van der Waals surface area contributed by atoms with E-state index in [0.29, 0.717) is 19.3 Å². The first-order valence-electron chi connectivity index (χ1n) is 8.85. The molecule has 0 aromatic heterocycles. The van der Waals surface area contributed by atoms with Gasteiger partial charge in [0.2, 0.25) is 0 Å². The number of rotatable bonds is 1. The average Bonchev–Trinajstić information content (AvgIpc) is 2.71. The van der Waals surface area contributed by atoms with Gasteiger partial charge in [-0.25, -0.2) is 0 Å². The van der Waals surface area contributed by atoms with E-state index in [2.05, 4.69) is 13.0 Å². The first-order valence-corrected chi connectivity index (χ1v) is 8.85. The fraction of sp³-hybridized carbons (Fsp3) is 0.750. The van der Waals surface area contributed by atoms with Crippen LogP contribution in [0.3, 0.4) is 0 Å². The van der Waals surface area contributed by atoms with Gasteiger partial charge in [-0.2, -0.15) is 0 Å². The van der Waals surface area contributed by atoms with Crippen molar-refractivity contribution in [2.45, 2.75) is 71.5 Å². The van der Waals surface area contributed by atoms with Crippen LogP contribution in [0.2, 0.25) is 0 Å². The van der Waals surface area contributed by atoms with E-state index < -0.39 is 11.2 Å². The quantitative estimate of drug-likeness (QED) is 0.725. The Morgan fingerprint density at radius 2 is 1.83 bits per heavy atom. The van der Waals surface area contributed by atoms with E-state index in [1.807, 2.05) is 39.0 Å². The minimum atomic E-state index is -0.921. The Labute approximate surface area is 140 Å². The van der Waals surface area contributed by atoms with Gasteiger partial charge in [0.1, 0.15) is 5.78 Å². The van der Waals surface area contributed by atoms with E-state index in [1.165, 1.54) is 0 Å². The highest BCUT2D eigenvalue weighted by atomic mass is 16.3. The molecule has 2 aliphatic rings. The summed E-state index contributed by atoms with van der Waals surface area (Å²) in [4.78, 5) is 12.7. The normalized spacial score (nSPS) is 47.9. The molecule has 0 aliphatic heterocycles. The fourth-order valence-corrected chi connectivity index (χ4v) is 4.13. The van der Waals surface area contributed by atoms with Crippen LogP contribution < -0.4 is 0 Å². The van der Waals surface area contributed by atoms with Gasteiger partial charge in [0.25, 0.3) is 0 Å². The lowest BCUT2D eigenvalue weighted by Crippen LogP contribution is -2.44. The maximum absolute atomic E-state index is 12.7. The van der Waals surface area contributed by atoms with Crippen LogP contribution in [-0.4, -0.2) is 27.2 Å². The molecule has 0 aromatic carbocycles. The second-order valence-corrected chi connectivity index (χ2v) is 8.49. The number of fused-ring (bicyclic) bond motifs is 1. The van der Waals surface area contributed by atoms with Gasteiger partial charge in [-0.05, 0) is 37.5 Å². The summed E-state index contributed by atoms with van der Waals surface area (Å²) < 4.78 is 0. The van der Waals surface area contributed by atoms with Crippen molar-refractivity contribution in [3.63, 3.8) is 0 Å². The lowest BCUT2D eigenvalue weighted by molar-refractivity contribution is -0.127. The van der Waals surface area contributed by atoms with Crippen LogP contribution in [0.25, 0.3) is 0 Å². The van der Waals surface area contributed by atoms with Gasteiger partial charge in [0.15, 0.2) is 0 Å². The zero-order valence-electron chi connectivity index (χ0n) is 15.2. The van der Waals surface area contributed by atoms with Crippen LogP contribution in [0.1, 0.15) is 60.3 Å². The van der Waals surface area contributed by atoms with Gasteiger partial charge >= 0.3 is 0 Å². The monoisotopic (exact) mass is 320 g/mol. The molecule has 1 saturated carbocycles. The minimum absolute atomic E-state index is 0.104.